The topological polar surface area (TPSA) is 144 Å². The number of ketones is 2. The lowest BCUT2D eigenvalue weighted by atomic mass is 9.99. The van der Waals surface area contributed by atoms with Crippen molar-refractivity contribution in [1.82, 2.24) is 10.6 Å². The Morgan fingerprint density at radius 1 is 0.500 bits per heavy atom. The number of carbonyl (C=O) groups is 4. The van der Waals surface area contributed by atoms with E-state index in [1.54, 1.807) is 48.5 Å². The molecule has 230 valence electrons. The van der Waals surface area contributed by atoms with E-state index in [9.17, 15) is 19.2 Å². The zero-order valence-electron chi connectivity index (χ0n) is 25.5. The van der Waals surface area contributed by atoms with Crippen molar-refractivity contribution in [1.29, 1.82) is 0 Å². The Morgan fingerprint density at radius 3 is 1.05 bits per heavy atom. The van der Waals surface area contributed by atoms with Crippen molar-refractivity contribution in [2.45, 2.75) is 103 Å². The molecule has 0 spiro atoms. The van der Waals surface area contributed by atoms with Crippen LogP contribution >= 0.6 is 0 Å². The van der Waals surface area contributed by atoms with Gasteiger partial charge in [0.15, 0.2) is 11.6 Å². The van der Waals surface area contributed by atoms with Gasteiger partial charge >= 0.3 is 0 Å². The Labute approximate surface area is 251 Å². The molecule has 0 aliphatic rings. The average Bonchev–Trinajstić information content (AvgIpc) is 2.99. The Morgan fingerprint density at radius 2 is 0.762 bits per heavy atom. The van der Waals surface area contributed by atoms with Crippen LogP contribution in [0.15, 0.2) is 48.5 Å². The molecule has 2 unspecified atom stereocenters. The van der Waals surface area contributed by atoms with Gasteiger partial charge < -0.3 is 22.1 Å². The monoisotopic (exact) mass is 578 g/mol. The highest BCUT2D eigenvalue weighted by atomic mass is 16.2. The second-order valence-corrected chi connectivity index (χ2v) is 11.1. The SMILES string of the molecule is CC(NCCCCCCCCCCCCCCNC(C)C(=O)c1ccccc1C(N)=O)C(=O)c1ccccc1C(N)=O. The van der Waals surface area contributed by atoms with E-state index in [0.29, 0.717) is 11.1 Å². The molecule has 0 aliphatic carbocycles. The van der Waals surface area contributed by atoms with E-state index >= 15 is 0 Å². The fraction of sp³-hybridized carbons (Fsp3) is 0.529. The number of carbonyl (C=O) groups excluding carboxylic acids is 4. The molecule has 6 N–H and O–H groups in total. The molecule has 42 heavy (non-hydrogen) atoms. The van der Waals surface area contributed by atoms with Crippen molar-refractivity contribution in [3.8, 4) is 0 Å². The molecule has 2 amide bonds. The largest absolute Gasteiger partial charge is 0.366 e. The van der Waals surface area contributed by atoms with Gasteiger partial charge in [0.05, 0.1) is 12.1 Å². The van der Waals surface area contributed by atoms with Crippen LogP contribution in [-0.4, -0.2) is 48.6 Å². The van der Waals surface area contributed by atoms with Gasteiger partial charge in [-0.25, -0.2) is 0 Å². The highest BCUT2D eigenvalue weighted by Crippen LogP contribution is 2.14. The van der Waals surface area contributed by atoms with E-state index in [2.05, 4.69) is 10.6 Å². The van der Waals surface area contributed by atoms with Crippen LogP contribution in [0.5, 0.6) is 0 Å². The maximum Gasteiger partial charge on any atom is 0.249 e. The van der Waals surface area contributed by atoms with Gasteiger partial charge in [0, 0.05) is 22.3 Å². The van der Waals surface area contributed by atoms with Crippen molar-refractivity contribution < 1.29 is 19.2 Å². The number of Topliss-reactive ketones (excluding diaryl/α,β-unsaturated/α-hetero) is 2. The van der Waals surface area contributed by atoms with Crippen LogP contribution in [-0.2, 0) is 0 Å². The van der Waals surface area contributed by atoms with Crippen molar-refractivity contribution in [2.24, 2.45) is 11.5 Å². The summed E-state index contributed by atoms with van der Waals surface area (Å²) in [7, 11) is 0. The van der Waals surface area contributed by atoms with Gasteiger partial charge in [0.25, 0.3) is 0 Å². The molecule has 2 aromatic carbocycles. The minimum atomic E-state index is -0.581. The number of hydrogen-bond acceptors (Lipinski definition) is 6. The van der Waals surface area contributed by atoms with Gasteiger partial charge in [-0.05, 0) is 51.9 Å². The minimum Gasteiger partial charge on any atom is -0.366 e. The molecule has 2 rings (SSSR count). The summed E-state index contributed by atoms with van der Waals surface area (Å²) in [5.74, 6) is -1.37. The van der Waals surface area contributed by atoms with Crippen molar-refractivity contribution >= 4 is 23.4 Å². The first kappa shape index (κ1) is 34.8. The van der Waals surface area contributed by atoms with Gasteiger partial charge in [-0.3, -0.25) is 19.2 Å². The summed E-state index contributed by atoms with van der Waals surface area (Å²) in [6.07, 6.45) is 14.3. The molecule has 2 aromatic rings. The van der Waals surface area contributed by atoms with Gasteiger partial charge in [-0.2, -0.15) is 0 Å². The van der Waals surface area contributed by atoms with E-state index in [1.807, 2.05) is 13.8 Å². The molecule has 0 saturated heterocycles. The number of hydrogen-bond donors (Lipinski definition) is 4. The lowest BCUT2D eigenvalue weighted by Gasteiger charge is -2.14. The maximum atomic E-state index is 12.7. The summed E-state index contributed by atoms with van der Waals surface area (Å²) in [4.78, 5) is 48.5. The molecular weight excluding hydrogens is 528 g/mol. The Hall–Kier alpha value is -3.36. The number of amides is 2. The van der Waals surface area contributed by atoms with Crippen LogP contribution in [0, 0.1) is 0 Å². The Kier molecular flexibility index (Phi) is 16.3. The van der Waals surface area contributed by atoms with Crippen molar-refractivity contribution in [2.75, 3.05) is 13.1 Å². The summed E-state index contributed by atoms with van der Waals surface area (Å²) in [6, 6.07) is 12.7. The highest BCUT2D eigenvalue weighted by Gasteiger charge is 2.20. The molecular formula is C34H50N4O4. The molecule has 0 aliphatic heterocycles. The van der Waals surface area contributed by atoms with Crippen LogP contribution in [0.1, 0.15) is 132 Å². The average molecular weight is 579 g/mol. The fourth-order valence-corrected chi connectivity index (χ4v) is 5.13. The first-order valence-electron chi connectivity index (χ1n) is 15.6. The predicted octanol–water partition coefficient (Wildman–Crippen LogP) is 5.59. The first-order valence-corrected chi connectivity index (χ1v) is 15.6. The van der Waals surface area contributed by atoms with E-state index in [0.717, 1.165) is 38.8 Å². The van der Waals surface area contributed by atoms with Gasteiger partial charge in [-0.1, -0.05) is 101 Å². The normalized spacial score (nSPS) is 12.5. The molecule has 8 heteroatoms. The first-order chi connectivity index (χ1) is 20.2. The molecule has 8 nitrogen and oxygen atoms in total. The fourth-order valence-electron chi connectivity index (χ4n) is 5.13. The molecule has 0 radical (unpaired) electrons. The number of benzene rings is 2. The minimum absolute atomic E-state index is 0.104. The van der Waals surface area contributed by atoms with Gasteiger partial charge in [0.1, 0.15) is 0 Å². The lowest BCUT2D eigenvalue weighted by Crippen LogP contribution is -2.35. The third-order valence-corrected chi connectivity index (χ3v) is 7.71. The van der Waals surface area contributed by atoms with E-state index < -0.39 is 11.8 Å². The maximum absolute atomic E-state index is 12.7. The Balaban J connectivity index is 1.41. The Bertz CT molecular complexity index is 1060. The smallest absolute Gasteiger partial charge is 0.249 e. The standard InChI is InChI=1S/C34H50N4O4/c1-25(31(39)27-19-13-15-21-29(27)33(35)41)37-23-17-11-9-7-5-3-4-6-8-10-12-18-24-38-26(2)32(40)28-20-14-16-22-30(28)34(36)42/h13-16,19-22,25-26,37-38H,3-12,17-18,23-24H2,1-2H3,(H2,35,41)(H2,36,42). The van der Waals surface area contributed by atoms with E-state index in [4.69, 9.17) is 11.5 Å². The van der Waals surface area contributed by atoms with Gasteiger partial charge in [-0.15, -0.1) is 0 Å². The molecule has 0 saturated carbocycles. The van der Waals surface area contributed by atoms with E-state index in [1.165, 1.54) is 51.4 Å². The van der Waals surface area contributed by atoms with Gasteiger partial charge in [0.2, 0.25) is 11.8 Å². The number of rotatable bonds is 23. The number of unbranched alkanes of at least 4 members (excludes halogenated alkanes) is 11. The highest BCUT2D eigenvalue weighted by molar-refractivity contribution is 6.10. The summed E-state index contributed by atoms with van der Waals surface area (Å²) >= 11 is 0. The number of nitrogens with two attached hydrogens (primary N) is 2. The zero-order chi connectivity index (χ0) is 30.7. The summed E-state index contributed by atoms with van der Waals surface area (Å²) in [5.41, 5.74) is 12.1. The molecule has 0 aromatic heterocycles. The predicted molar refractivity (Wildman–Crippen MR) is 169 cm³/mol. The second-order valence-electron chi connectivity index (χ2n) is 11.1. The zero-order valence-corrected chi connectivity index (χ0v) is 25.5. The van der Waals surface area contributed by atoms with Crippen LogP contribution < -0.4 is 22.1 Å². The van der Waals surface area contributed by atoms with Crippen LogP contribution in [0.2, 0.25) is 0 Å². The summed E-state index contributed by atoms with van der Waals surface area (Å²) < 4.78 is 0. The van der Waals surface area contributed by atoms with Crippen LogP contribution in [0.3, 0.4) is 0 Å². The lowest BCUT2D eigenvalue weighted by molar-refractivity contribution is 0.0933. The number of nitrogens with one attached hydrogen (secondary N) is 2. The summed E-state index contributed by atoms with van der Waals surface area (Å²) in [5, 5.41) is 6.55. The quantitative estimate of drug-likeness (QED) is 0.1000. The van der Waals surface area contributed by atoms with Crippen molar-refractivity contribution in [3.63, 3.8) is 0 Å². The van der Waals surface area contributed by atoms with Crippen molar-refractivity contribution in [3.05, 3.63) is 70.8 Å². The number of primary amides is 2. The molecule has 2 atom stereocenters. The second kappa shape index (κ2) is 19.7. The molecule has 0 heterocycles. The third kappa shape index (κ3) is 12.2. The van der Waals surface area contributed by atoms with E-state index in [-0.39, 0.29) is 34.8 Å². The molecule has 0 fully saturated rings. The third-order valence-electron chi connectivity index (χ3n) is 7.71. The summed E-state index contributed by atoms with van der Waals surface area (Å²) in [6.45, 7) is 5.21. The molecule has 0 bridgehead atoms. The van der Waals surface area contributed by atoms with Crippen LogP contribution in [0.4, 0.5) is 0 Å². The van der Waals surface area contributed by atoms with Crippen LogP contribution in [0.25, 0.3) is 0 Å².